The Balaban J connectivity index is 1.79. The molecule has 1 aromatic heterocycles. The fourth-order valence-electron chi connectivity index (χ4n) is 3.16. The van der Waals surface area contributed by atoms with E-state index in [0.29, 0.717) is 6.04 Å². The minimum absolute atomic E-state index is 0.434. The molecule has 0 bridgehead atoms. The van der Waals surface area contributed by atoms with Crippen LogP contribution in [0.15, 0.2) is 18.2 Å². The van der Waals surface area contributed by atoms with Gasteiger partial charge in [-0.3, -0.25) is 4.90 Å². The molecule has 1 aromatic carbocycles. The van der Waals surface area contributed by atoms with Crippen LogP contribution in [0.5, 0.6) is 5.75 Å². The lowest BCUT2D eigenvalue weighted by atomic mass is 10.2. The predicted octanol–water partition coefficient (Wildman–Crippen LogP) is 2.10. The number of fused-ring (bicyclic) bond motifs is 1. The first-order chi connectivity index (χ1) is 11.6. The number of methoxy groups -OCH3 is 1. The van der Waals surface area contributed by atoms with Gasteiger partial charge in [-0.2, -0.15) is 0 Å². The van der Waals surface area contributed by atoms with Gasteiger partial charge in [-0.25, -0.2) is 9.97 Å². The molecule has 6 heteroatoms. The second-order valence-corrected chi connectivity index (χ2v) is 6.37. The van der Waals surface area contributed by atoms with Crippen molar-refractivity contribution in [1.82, 2.24) is 14.9 Å². The third-order valence-corrected chi connectivity index (χ3v) is 4.63. The molecule has 1 atom stereocenters. The Morgan fingerprint density at radius 3 is 2.75 bits per heavy atom. The Morgan fingerprint density at radius 2 is 2.04 bits per heavy atom. The highest BCUT2D eigenvalue weighted by Gasteiger charge is 2.19. The van der Waals surface area contributed by atoms with E-state index in [-0.39, 0.29) is 0 Å². The normalized spacial score (nSPS) is 17.0. The smallest absolute Gasteiger partial charge is 0.225 e. The SMILES string of the molecule is COc1ccc2c(C)nc(N(C)C[C@@H](C)N3CCOCC3)nc2c1. The summed E-state index contributed by atoms with van der Waals surface area (Å²) < 4.78 is 10.7. The highest BCUT2D eigenvalue weighted by atomic mass is 16.5. The van der Waals surface area contributed by atoms with Gasteiger partial charge in [-0.05, 0) is 26.0 Å². The fourth-order valence-corrected chi connectivity index (χ4v) is 3.16. The molecule has 0 N–H and O–H groups in total. The summed E-state index contributed by atoms with van der Waals surface area (Å²) in [5.41, 5.74) is 1.91. The molecule has 1 fully saturated rings. The Morgan fingerprint density at radius 1 is 1.29 bits per heavy atom. The molecular weight excluding hydrogens is 304 g/mol. The quantitative estimate of drug-likeness (QED) is 0.837. The summed E-state index contributed by atoms with van der Waals surface area (Å²) in [5, 5.41) is 1.06. The van der Waals surface area contributed by atoms with Crippen molar-refractivity contribution in [2.75, 3.05) is 51.9 Å². The van der Waals surface area contributed by atoms with Crippen molar-refractivity contribution in [3.05, 3.63) is 23.9 Å². The summed E-state index contributed by atoms with van der Waals surface area (Å²) in [6, 6.07) is 6.36. The number of nitrogens with zero attached hydrogens (tertiary/aromatic N) is 4. The summed E-state index contributed by atoms with van der Waals surface area (Å²) in [7, 11) is 3.73. The maximum atomic E-state index is 5.43. The van der Waals surface area contributed by atoms with E-state index in [2.05, 4.69) is 28.8 Å². The van der Waals surface area contributed by atoms with E-state index in [1.165, 1.54) is 0 Å². The van der Waals surface area contributed by atoms with Gasteiger partial charge in [-0.1, -0.05) is 0 Å². The molecule has 1 aliphatic rings. The predicted molar refractivity (Wildman–Crippen MR) is 96.0 cm³/mol. The molecule has 24 heavy (non-hydrogen) atoms. The first-order valence-corrected chi connectivity index (χ1v) is 8.44. The van der Waals surface area contributed by atoms with Crippen LogP contribution < -0.4 is 9.64 Å². The number of anilines is 1. The monoisotopic (exact) mass is 330 g/mol. The van der Waals surface area contributed by atoms with E-state index in [4.69, 9.17) is 14.5 Å². The molecule has 1 saturated heterocycles. The molecule has 0 saturated carbocycles. The van der Waals surface area contributed by atoms with E-state index in [1.807, 2.05) is 25.1 Å². The molecule has 130 valence electrons. The van der Waals surface area contributed by atoms with Crippen LogP contribution in [0.3, 0.4) is 0 Å². The third-order valence-electron chi connectivity index (χ3n) is 4.63. The average Bonchev–Trinajstić information content (AvgIpc) is 2.61. The number of rotatable bonds is 5. The van der Waals surface area contributed by atoms with Crippen LogP contribution in [0, 0.1) is 6.92 Å². The lowest BCUT2D eigenvalue weighted by Gasteiger charge is -2.34. The summed E-state index contributed by atoms with van der Waals surface area (Å²) in [6.07, 6.45) is 0. The van der Waals surface area contributed by atoms with Gasteiger partial charge in [0.2, 0.25) is 5.95 Å². The van der Waals surface area contributed by atoms with Crippen molar-refractivity contribution in [3.63, 3.8) is 0 Å². The number of aryl methyl sites for hydroxylation is 1. The number of likely N-dealkylation sites (N-methyl/N-ethyl adjacent to an activating group) is 1. The molecule has 0 amide bonds. The van der Waals surface area contributed by atoms with Crippen molar-refractivity contribution in [2.24, 2.45) is 0 Å². The van der Waals surface area contributed by atoms with Gasteiger partial charge < -0.3 is 14.4 Å². The van der Waals surface area contributed by atoms with Gasteiger partial charge in [0.25, 0.3) is 0 Å². The number of benzene rings is 1. The van der Waals surface area contributed by atoms with E-state index in [9.17, 15) is 0 Å². The van der Waals surface area contributed by atoms with E-state index in [1.54, 1.807) is 7.11 Å². The van der Waals surface area contributed by atoms with Crippen LogP contribution in [0.1, 0.15) is 12.6 Å². The molecule has 0 unspecified atom stereocenters. The molecule has 0 radical (unpaired) electrons. The summed E-state index contributed by atoms with van der Waals surface area (Å²) in [5.74, 6) is 1.57. The van der Waals surface area contributed by atoms with Gasteiger partial charge in [-0.15, -0.1) is 0 Å². The van der Waals surface area contributed by atoms with E-state index < -0.39 is 0 Å². The topological polar surface area (TPSA) is 50.7 Å². The lowest BCUT2D eigenvalue weighted by molar-refractivity contribution is 0.0217. The maximum absolute atomic E-state index is 5.43. The molecule has 2 heterocycles. The van der Waals surface area contributed by atoms with Crippen LogP contribution in [0.25, 0.3) is 10.9 Å². The summed E-state index contributed by atoms with van der Waals surface area (Å²) in [4.78, 5) is 14.0. The number of aromatic nitrogens is 2. The minimum atomic E-state index is 0.434. The highest BCUT2D eigenvalue weighted by Crippen LogP contribution is 2.23. The number of hydrogen-bond acceptors (Lipinski definition) is 6. The first kappa shape index (κ1) is 16.9. The Hall–Kier alpha value is -1.92. The largest absolute Gasteiger partial charge is 0.497 e. The molecule has 2 aromatic rings. The van der Waals surface area contributed by atoms with Crippen LogP contribution in [-0.4, -0.2) is 67.9 Å². The van der Waals surface area contributed by atoms with E-state index in [0.717, 1.165) is 61.1 Å². The van der Waals surface area contributed by atoms with Crippen molar-refractivity contribution in [3.8, 4) is 5.75 Å². The fraction of sp³-hybridized carbons (Fsp3) is 0.556. The number of hydrogen-bond donors (Lipinski definition) is 0. The summed E-state index contributed by atoms with van der Waals surface area (Å²) in [6.45, 7) is 8.78. The Bertz CT molecular complexity index is 701. The first-order valence-electron chi connectivity index (χ1n) is 8.44. The zero-order valence-corrected chi connectivity index (χ0v) is 15.0. The van der Waals surface area contributed by atoms with Crippen LogP contribution >= 0.6 is 0 Å². The standard InChI is InChI=1S/C18H26N4O2/c1-13(22-7-9-24-10-8-22)12-21(3)18-19-14(2)16-6-5-15(23-4)11-17(16)20-18/h5-6,11,13H,7-10,12H2,1-4H3/t13-/m1/s1. The zero-order chi connectivity index (χ0) is 17.1. The number of morpholine rings is 1. The zero-order valence-electron chi connectivity index (χ0n) is 15.0. The third kappa shape index (κ3) is 3.60. The molecule has 1 aliphatic heterocycles. The van der Waals surface area contributed by atoms with Crippen molar-refractivity contribution in [2.45, 2.75) is 19.9 Å². The van der Waals surface area contributed by atoms with Crippen molar-refractivity contribution >= 4 is 16.9 Å². The molecule has 0 aliphatic carbocycles. The second-order valence-electron chi connectivity index (χ2n) is 6.37. The highest BCUT2D eigenvalue weighted by molar-refractivity contribution is 5.83. The lowest BCUT2D eigenvalue weighted by Crippen LogP contribution is -2.47. The van der Waals surface area contributed by atoms with Crippen molar-refractivity contribution in [1.29, 1.82) is 0 Å². The van der Waals surface area contributed by atoms with Crippen molar-refractivity contribution < 1.29 is 9.47 Å². The average molecular weight is 330 g/mol. The minimum Gasteiger partial charge on any atom is -0.497 e. The van der Waals surface area contributed by atoms with Gasteiger partial charge in [0.15, 0.2) is 0 Å². The van der Waals surface area contributed by atoms with Crippen LogP contribution in [0.4, 0.5) is 5.95 Å². The summed E-state index contributed by atoms with van der Waals surface area (Å²) >= 11 is 0. The molecule has 0 spiro atoms. The molecular formula is C18H26N4O2. The number of ether oxygens (including phenoxy) is 2. The molecule has 6 nitrogen and oxygen atoms in total. The van der Waals surface area contributed by atoms with Gasteiger partial charge in [0.05, 0.1) is 31.5 Å². The van der Waals surface area contributed by atoms with E-state index >= 15 is 0 Å². The van der Waals surface area contributed by atoms with Gasteiger partial charge in [0, 0.05) is 44.2 Å². The Labute approximate surface area is 143 Å². The molecule has 3 rings (SSSR count). The van der Waals surface area contributed by atoms with Crippen LogP contribution in [-0.2, 0) is 4.74 Å². The van der Waals surface area contributed by atoms with Gasteiger partial charge >= 0.3 is 0 Å². The maximum Gasteiger partial charge on any atom is 0.225 e. The van der Waals surface area contributed by atoms with Crippen LogP contribution in [0.2, 0.25) is 0 Å². The Kier molecular flexibility index (Phi) is 5.16. The van der Waals surface area contributed by atoms with Gasteiger partial charge in [0.1, 0.15) is 5.75 Å². The second kappa shape index (κ2) is 7.32.